The van der Waals surface area contributed by atoms with Crippen LogP contribution in [-0.2, 0) is 0 Å². The molecule has 0 spiro atoms. The van der Waals surface area contributed by atoms with Crippen molar-refractivity contribution in [2.45, 2.75) is 6.92 Å². The minimum Gasteiger partial charge on any atom is -0.231 e. The summed E-state index contributed by atoms with van der Waals surface area (Å²) in [4.78, 5) is 4.00. The van der Waals surface area contributed by atoms with Crippen molar-refractivity contribution < 1.29 is 0 Å². The quantitative estimate of drug-likeness (QED) is 0.497. The van der Waals surface area contributed by atoms with Crippen LogP contribution >= 0.6 is 0 Å². The molecule has 1 aromatic heterocycles. The number of rotatable bonds is 0. The van der Waals surface area contributed by atoms with Crippen LogP contribution in [0.25, 0.3) is 0 Å². The zero-order valence-electron chi connectivity index (χ0n) is 6.26. The molecule has 0 amide bonds. The third kappa shape index (κ3) is 1.60. The van der Waals surface area contributed by atoms with Gasteiger partial charge in [0.05, 0.1) is 0 Å². The Bertz CT molecular complexity index is 318. The molecule has 1 heterocycles. The Hall–Kier alpha value is -1.73. The second kappa shape index (κ2) is 2.90. The maximum Gasteiger partial charge on any atom is 0.114 e. The fourth-order valence-corrected chi connectivity index (χ4v) is 0.815. The van der Waals surface area contributed by atoms with E-state index in [0.29, 0.717) is 11.4 Å². The first-order valence-electron chi connectivity index (χ1n) is 3.18. The van der Waals surface area contributed by atoms with E-state index in [-0.39, 0.29) is 0 Å². The van der Waals surface area contributed by atoms with Gasteiger partial charge in [0.25, 0.3) is 0 Å². The van der Waals surface area contributed by atoms with Gasteiger partial charge in [0.15, 0.2) is 0 Å². The van der Waals surface area contributed by atoms with Gasteiger partial charge in [-0.15, -0.1) is 12.8 Å². The Kier molecular flexibility index (Phi) is 1.95. The molecule has 52 valence electrons. The first-order valence-corrected chi connectivity index (χ1v) is 3.18. The van der Waals surface area contributed by atoms with Gasteiger partial charge in [-0.3, -0.25) is 0 Å². The molecule has 1 aromatic rings. The number of terminal acetylenes is 2. The van der Waals surface area contributed by atoms with E-state index in [4.69, 9.17) is 12.8 Å². The zero-order valence-corrected chi connectivity index (χ0v) is 6.26. The highest BCUT2D eigenvalue weighted by molar-refractivity contribution is 5.35. The number of pyridine rings is 1. The summed E-state index contributed by atoms with van der Waals surface area (Å²) in [5.41, 5.74) is 2.23. The molecule has 0 aliphatic carbocycles. The van der Waals surface area contributed by atoms with E-state index in [1.807, 2.05) is 19.1 Å². The summed E-state index contributed by atoms with van der Waals surface area (Å²) in [5, 5.41) is 0. The minimum atomic E-state index is 0.595. The lowest BCUT2D eigenvalue weighted by Crippen LogP contribution is -1.88. The summed E-state index contributed by atoms with van der Waals surface area (Å²) >= 11 is 0. The number of aryl methyl sites for hydroxylation is 1. The van der Waals surface area contributed by atoms with E-state index in [9.17, 15) is 0 Å². The monoisotopic (exact) mass is 141 g/mol. The average Bonchev–Trinajstić information content (AvgIpc) is 2.03. The fraction of sp³-hybridized carbons (Fsp3) is 0.100. The Balaban J connectivity index is 3.28. The van der Waals surface area contributed by atoms with Crippen LogP contribution in [0, 0.1) is 31.6 Å². The third-order valence-electron chi connectivity index (χ3n) is 1.27. The van der Waals surface area contributed by atoms with E-state index < -0.39 is 0 Å². The Morgan fingerprint density at radius 1 is 1.18 bits per heavy atom. The number of aromatic nitrogens is 1. The molecule has 0 fully saturated rings. The average molecular weight is 141 g/mol. The molecule has 0 atom stereocenters. The van der Waals surface area contributed by atoms with Gasteiger partial charge < -0.3 is 0 Å². The van der Waals surface area contributed by atoms with Crippen LogP contribution in [0.1, 0.15) is 17.0 Å². The second-order valence-corrected chi connectivity index (χ2v) is 2.20. The molecular formula is C10H7N. The summed E-state index contributed by atoms with van der Waals surface area (Å²) in [5.74, 6) is 4.87. The lowest BCUT2D eigenvalue weighted by atomic mass is 10.2. The van der Waals surface area contributed by atoms with Crippen LogP contribution < -0.4 is 0 Å². The Morgan fingerprint density at radius 3 is 2.00 bits per heavy atom. The van der Waals surface area contributed by atoms with E-state index >= 15 is 0 Å². The zero-order chi connectivity index (χ0) is 8.27. The molecule has 1 rings (SSSR count). The molecular weight excluding hydrogens is 134 g/mol. The Morgan fingerprint density at radius 2 is 1.64 bits per heavy atom. The predicted octanol–water partition coefficient (Wildman–Crippen LogP) is 1.35. The topological polar surface area (TPSA) is 12.9 Å². The molecule has 0 bridgehead atoms. The molecule has 0 N–H and O–H groups in total. The number of hydrogen-bond donors (Lipinski definition) is 0. The van der Waals surface area contributed by atoms with Gasteiger partial charge in [-0.05, 0) is 24.6 Å². The summed E-state index contributed by atoms with van der Waals surface area (Å²) in [6.07, 6.45) is 10.3. The normalized spacial score (nSPS) is 8.27. The highest BCUT2D eigenvalue weighted by Crippen LogP contribution is 2.02. The number of hydrogen-bond acceptors (Lipinski definition) is 1. The van der Waals surface area contributed by atoms with E-state index in [2.05, 4.69) is 16.8 Å². The maximum absolute atomic E-state index is 5.16. The molecule has 0 radical (unpaired) electrons. The maximum atomic E-state index is 5.16. The van der Waals surface area contributed by atoms with Crippen LogP contribution in [0.2, 0.25) is 0 Å². The van der Waals surface area contributed by atoms with Crippen molar-refractivity contribution >= 4 is 0 Å². The summed E-state index contributed by atoms with van der Waals surface area (Å²) in [6, 6.07) is 3.64. The van der Waals surface area contributed by atoms with Gasteiger partial charge in [-0.25, -0.2) is 4.98 Å². The highest BCUT2D eigenvalue weighted by atomic mass is 14.7. The van der Waals surface area contributed by atoms with Crippen LogP contribution in [-0.4, -0.2) is 4.98 Å². The van der Waals surface area contributed by atoms with Crippen molar-refractivity contribution in [1.82, 2.24) is 4.98 Å². The summed E-state index contributed by atoms with van der Waals surface area (Å²) in [6.45, 7) is 1.93. The van der Waals surface area contributed by atoms with E-state index in [0.717, 1.165) is 5.56 Å². The van der Waals surface area contributed by atoms with E-state index in [1.54, 1.807) is 0 Å². The molecule has 0 aliphatic heterocycles. The smallest absolute Gasteiger partial charge is 0.114 e. The van der Waals surface area contributed by atoms with Crippen molar-refractivity contribution in [2.75, 3.05) is 0 Å². The molecule has 0 saturated heterocycles. The molecule has 0 aromatic carbocycles. The molecule has 1 heteroatoms. The standard InChI is InChI=1S/C10H7N/c1-4-9-6-8(3)7-10(5-2)11-9/h1-2,6-7H,3H3. The lowest BCUT2D eigenvalue weighted by Gasteiger charge is -1.94. The van der Waals surface area contributed by atoms with Crippen LogP contribution in [0.4, 0.5) is 0 Å². The van der Waals surface area contributed by atoms with Crippen molar-refractivity contribution in [1.29, 1.82) is 0 Å². The van der Waals surface area contributed by atoms with E-state index in [1.165, 1.54) is 0 Å². The fourth-order valence-electron chi connectivity index (χ4n) is 0.815. The largest absolute Gasteiger partial charge is 0.231 e. The number of nitrogens with zero attached hydrogens (tertiary/aromatic N) is 1. The highest BCUT2D eigenvalue weighted by Gasteiger charge is 1.93. The SMILES string of the molecule is C#Cc1cc(C)cc(C#C)n1. The van der Waals surface area contributed by atoms with Gasteiger partial charge >= 0.3 is 0 Å². The predicted molar refractivity (Wildman–Crippen MR) is 44.8 cm³/mol. The lowest BCUT2D eigenvalue weighted by molar-refractivity contribution is 1.22. The third-order valence-corrected chi connectivity index (χ3v) is 1.27. The van der Waals surface area contributed by atoms with Crippen molar-refractivity contribution in [3.05, 3.63) is 29.1 Å². The summed E-state index contributed by atoms with van der Waals surface area (Å²) < 4.78 is 0. The summed E-state index contributed by atoms with van der Waals surface area (Å²) in [7, 11) is 0. The molecule has 1 nitrogen and oxygen atoms in total. The molecule has 11 heavy (non-hydrogen) atoms. The first kappa shape index (κ1) is 7.38. The van der Waals surface area contributed by atoms with Crippen molar-refractivity contribution in [2.24, 2.45) is 0 Å². The van der Waals surface area contributed by atoms with Gasteiger partial charge in [0.1, 0.15) is 11.4 Å². The van der Waals surface area contributed by atoms with Crippen LogP contribution in [0.5, 0.6) is 0 Å². The van der Waals surface area contributed by atoms with Crippen molar-refractivity contribution in [3.63, 3.8) is 0 Å². The van der Waals surface area contributed by atoms with Gasteiger partial charge in [0, 0.05) is 0 Å². The van der Waals surface area contributed by atoms with Gasteiger partial charge in [0.2, 0.25) is 0 Å². The molecule has 0 aliphatic rings. The van der Waals surface area contributed by atoms with Crippen LogP contribution in [0.3, 0.4) is 0 Å². The van der Waals surface area contributed by atoms with Crippen molar-refractivity contribution in [3.8, 4) is 24.7 Å². The molecule has 0 saturated carbocycles. The molecule has 0 unspecified atom stereocenters. The Labute approximate surface area is 66.5 Å². The second-order valence-electron chi connectivity index (χ2n) is 2.20. The van der Waals surface area contributed by atoms with Crippen LogP contribution in [0.15, 0.2) is 12.1 Å². The first-order chi connectivity index (χ1) is 5.26. The van der Waals surface area contributed by atoms with Gasteiger partial charge in [-0.1, -0.05) is 11.8 Å². The minimum absolute atomic E-state index is 0.595. The van der Waals surface area contributed by atoms with Gasteiger partial charge in [-0.2, -0.15) is 0 Å².